The Morgan fingerprint density at radius 2 is 1.89 bits per heavy atom. The summed E-state index contributed by atoms with van der Waals surface area (Å²) in [6.07, 6.45) is 0. The summed E-state index contributed by atoms with van der Waals surface area (Å²) < 4.78 is 32.9. The number of aryl methyl sites for hydroxylation is 2. The third kappa shape index (κ3) is 5.98. The average molecular weight is 427 g/mol. The van der Waals surface area contributed by atoms with Crippen LogP contribution in [0.25, 0.3) is 0 Å². The molecule has 0 radical (unpaired) electrons. The first-order chi connectivity index (χ1) is 12.9. The zero-order valence-corrected chi connectivity index (χ0v) is 18.5. The van der Waals surface area contributed by atoms with Gasteiger partial charge in [-0.3, -0.25) is 4.79 Å². The first-order valence-electron chi connectivity index (χ1n) is 8.76. The van der Waals surface area contributed by atoms with Gasteiger partial charge in [0.2, 0.25) is 15.4 Å². The number of hydrogen-bond donors (Lipinski definition) is 2. The first kappa shape index (κ1) is 22.3. The Kier molecular flexibility index (Phi) is 6.79. The van der Waals surface area contributed by atoms with Crippen molar-refractivity contribution in [3.8, 4) is 5.75 Å². The number of aromatic nitrogens is 2. The van der Waals surface area contributed by atoms with Crippen molar-refractivity contribution in [3.63, 3.8) is 0 Å². The van der Waals surface area contributed by atoms with E-state index < -0.39 is 21.5 Å². The maximum Gasteiger partial charge on any atom is 0.270 e. The van der Waals surface area contributed by atoms with Crippen molar-refractivity contribution >= 4 is 32.4 Å². The fraction of sp³-hybridized carbons (Fsp3) is 0.500. The highest BCUT2D eigenvalue weighted by Crippen LogP contribution is 2.23. The maximum atomic E-state index is 12.5. The van der Waals surface area contributed by atoms with Gasteiger partial charge in [-0.05, 0) is 44.0 Å². The molecule has 0 bridgehead atoms. The number of carbonyl (C=O) groups excluding carboxylic acids is 1. The summed E-state index contributed by atoms with van der Waals surface area (Å²) in [6.45, 7) is 11.1. The third-order valence-corrected chi connectivity index (χ3v) is 6.67. The zero-order chi connectivity index (χ0) is 21.1. The van der Waals surface area contributed by atoms with Crippen LogP contribution in [0, 0.1) is 19.3 Å². The highest BCUT2D eigenvalue weighted by atomic mass is 32.2. The summed E-state index contributed by atoms with van der Waals surface area (Å²) in [7, 11) is -3.87. The second kappa shape index (κ2) is 8.54. The molecule has 2 aromatic rings. The van der Waals surface area contributed by atoms with Crippen LogP contribution in [-0.2, 0) is 14.8 Å². The number of nitrogens with zero attached hydrogens (tertiary/aromatic N) is 2. The van der Waals surface area contributed by atoms with Gasteiger partial charge in [0.1, 0.15) is 12.4 Å². The van der Waals surface area contributed by atoms with Gasteiger partial charge in [0, 0.05) is 5.41 Å². The molecule has 10 heteroatoms. The molecular formula is C18H26N4O4S2. The number of nitrogens with one attached hydrogen (secondary N) is 2. The molecule has 0 saturated heterocycles. The molecule has 0 aliphatic carbocycles. The van der Waals surface area contributed by atoms with E-state index in [0.29, 0.717) is 5.75 Å². The number of carbonyl (C=O) groups is 1. The smallest absolute Gasteiger partial charge is 0.270 e. The Bertz CT molecular complexity index is 949. The van der Waals surface area contributed by atoms with Crippen LogP contribution in [0.4, 0.5) is 5.13 Å². The van der Waals surface area contributed by atoms with Gasteiger partial charge in [0.05, 0.1) is 6.04 Å². The Labute approximate surface area is 169 Å². The van der Waals surface area contributed by atoms with E-state index in [1.165, 1.54) is 0 Å². The van der Waals surface area contributed by atoms with Crippen molar-refractivity contribution < 1.29 is 17.9 Å². The van der Waals surface area contributed by atoms with E-state index in [0.717, 1.165) is 22.5 Å². The molecule has 0 aliphatic rings. The summed E-state index contributed by atoms with van der Waals surface area (Å²) in [5, 5.41) is 10.1. The molecular weight excluding hydrogens is 400 g/mol. The lowest BCUT2D eigenvalue weighted by Gasteiger charge is -2.15. The molecule has 0 aliphatic heterocycles. The molecule has 154 valence electrons. The maximum absolute atomic E-state index is 12.5. The van der Waals surface area contributed by atoms with Crippen LogP contribution in [0.1, 0.15) is 38.8 Å². The highest BCUT2D eigenvalue weighted by molar-refractivity contribution is 7.91. The quantitative estimate of drug-likeness (QED) is 0.659. The first-order valence-corrected chi connectivity index (χ1v) is 11.1. The lowest BCUT2D eigenvalue weighted by molar-refractivity contribution is -0.123. The predicted molar refractivity (Wildman–Crippen MR) is 109 cm³/mol. The van der Waals surface area contributed by atoms with E-state index in [4.69, 9.17) is 4.74 Å². The van der Waals surface area contributed by atoms with E-state index >= 15 is 0 Å². The van der Waals surface area contributed by atoms with E-state index in [1.807, 2.05) is 32.0 Å². The second-order valence-electron chi connectivity index (χ2n) is 7.66. The zero-order valence-electron chi connectivity index (χ0n) is 16.9. The van der Waals surface area contributed by atoms with Crippen LogP contribution in [0.5, 0.6) is 5.75 Å². The van der Waals surface area contributed by atoms with Crippen molar-refractivity contribution in [3.05, 3.63) is 29.3 Å². The third-order valence-electron chi connectivity index (χ3n) is 3.87. The van der Waals surface area contributed by atoms with Gasteiger partial charge < -0.3 is 10.1 Å². The fourth-order valence-corrected chi connectivity index (χ4v) is 4.17. The van der Waals surface area contributed by atoms with Gasteiger partial charge >= 0.3 is 0 Å². The number of hydrogen-bond acceptors (Lipinski definition) is 7. The second-order valence-corrected chi connectivity index (χ2v) is 10.5. The molecule has 2 rings (SSSR count). The molecule has 1 amide bonds. The van der Waals surface area contributed by atoms with Crippen molar-refractivity contribution in [2.45, 2.75) is 51.9 Å². The Balaban J connectivity index is 1.97. The minimum Gasteiger partial charge on any atom is -0.492 e. The van der Waals surface area contributed by atoms with Crippen molar-refractivity contribution in [2.24, 2.45) is 5.41 Å². The van der Waals surface area contributed by atoms with E-state index in [-0.39, 0.29) is 22.0 Å². The van der Waals surface area contributed by atoms with Crippen molar-refractivity contribution in [2.75, 3.05) is 11.9 Å². The number of amides is 1. The van der Waals surface area contributed by atoms with Gasteiger partial charge in [0.15, 0.2) is 0 Å². The minimum atomic E-state index is -3.87. The molecule has 0 spiro atoms. The molecule has 1 heterocycles. The lowest BCUT2D eigenvalue weighted by Crippen LogP contribution is -2.36. The minimum absolute atomic E-state index is 0.138. The Morgan fingerprint density at radius 3 is 2.50 bits per heavy atom. The molecule has 2 N–H and O–H groups in total. The highest BCUT2D eigenvalue weighted by Gasteiger charge is 2.26. The van der Waals surface area contributed by atoms with Gasteiger partial charge in [0.25, 0.3) is 10.0 Å². The number of benzene rings is 1. The number of sulfonamides is 1. The topological polar surface area (TPSA) is 110 Å². The van der Waals surface area contributed by atoms with Gasteiger partial charge in [-0.15, -0.1) is 10.2 Å². The Morgan fingerprint density at radius 1 is 1.21 bits per heavy atom. The summed E-state index contributed by atoms with van der Waals surface area (Å²) in [5.41, 5.74) is 1.64. The van der Waals surface area contributed by atoms with Crippen molar-refractivity contribution in [1.82, 2.24) is 14.9 Å². The van der Waals surface area contributed by atoms with E-state index in [2.05, 4.69) is 20.2 Å². The lowest BCUT2D eigenvalue weighted by atomic mass is 9.96. The molecule has 0 fully saturated rings. The molecule has 8 nitrogen and oxygen atoms in total. The average Bonchev–Trinajstić information content (AvgIpc) is 3.04. The van der Waals surface area contributed by atoms with Crippen molar-refractivity contribution in [1.29, 1.82) is 0 Å². The van der Waals surface area contributed by atoms with Crippen LogP contribution < -0.4 is 14.8 Å². The molecule has 0 saturated carbocycles. The van der Waals surface area contributed by atoms with E-state index in [1.54, 1.807) is 27.7 Å². The summed E-state index contributed by atoms with van der Waals surface area (Å²) in [4.78, 5) is 12.0. The largest absolute Gasteiger partial charge is 0.492 e. The molecule has 28 heavy (non-hydrogen) atoms. The summed E-state index contributed by atoms with van der Waals surface area (Å²) in [6, 6.07) is 5.22. The predicted octanol–water partition coefficient (Wildman–Crippen LogP) is 2.89. The van der Waals surface area contributed by atoms with Crippen LogP contribution in [0.2, 0.25) is 0 Å². The van der Waals surface area contributed by atoms with Crippen LogP contribution >= 0.6 is 11.3 Å². The monoisotopic (exact) mass is 426 g/mol. The van der Waals surface area contributed by atoms with Gasteiger partial charge in [-0.1, -0.05) is 38.2 Å². The Hall–Kier alpha value is -2.04. The molecule has 0 unspecified atom stereocenters. The number of rotatable bonds is 7. The normalized spacial score (nSPS) is 13.2. The summed E-state index contributed by atoms with van der Waals surface area (Å²) in [5.74, 6) is 0.410. The molecule has 1 atom stereocenters. The van der Waals surface area contributed by atoms with Crippen LogP contribution in [-0.4, -0.2) is 37.2 Å². The number of ether oxygens (including phenoxy) is 1. The SMILES string of the molecule is Cc1ccc(OC[C@@H](C)NS(=O)(=O)c2nnc(NC(=O)C(C)(C)C)s2)cc1C. The van der Waals surface area contributed by atoms with Gasteiger partial charge in [-0.25, -0.2) is 13.1 Å². The molecule has 1 aromatic heterocycles. The summed E-state index contributed by atoms with van der Waals surface area (Å²) >= 11 is 0.799. The standard InChI is InChI=1S/C18H26N4O4S2/c1-11-7-8-14(9-12(11)2)26-10-13(3)22-28(24,25)17-21-20-16(27-17)19-15(23)18(4,5)6/h7-9,13,22H,10H2,1-6H3,(H,19,20,23)/t13-/m1/s1. The van der Waals surface area contributed by atoms with Crippen LogP contribution in [0.15, 0.2) is 22.5 Å². The van der Waals surface area contributed by atoms with Gasteiger partial charge in [-0.2, -0.15) is 0 Å². The molecule has 1 aromatic carbocycles. The van der Waals surface area contributed by atoms with E-state index in [9.17, 15) is 13.2 Å². The van der Waals surface area contributed by atoms with Crippen LogP contribution in [0.3, 0.4) is 0 Å². The number of anilines is 1. The fourth-order valence-electron chi connectivity index (χ4n) is 2.03.